The topological polar surface area (TPSA) is 104 Å². The summed E-state index contributed by atoms with van der Waals surface area (Å²) in [6.45, 7) is 1.63. The Morgan fingerprint density at radius 1 is 1.37 bits per heavy atom. The van der Waals surface area contributed by atoms with Crippen molar-refractivity contribution in [1.82, 2.24) is 9.97 Å². The molecule has 0 aliphatic heterocycles. The molecular weight excluding hydrogens is 272 g/mol. The fourth-order valence-corrected chi connectivity index (χ4v) is 1.61. The summed E-state index contributed by atoms with van der Waals surface area (Å²) in [4.78, 5) is 18.2. The average Bonchev–Trinajstić information content (AvgIpc) is 2.26. The Morgan fingerprint density at radius 2 is 2.11 bits per heavy atom. The first-order valence-electron chi connectivity index (χ1n) is 5.18. The standard InChI is InChI=1S/C11H9ClN4O3/c1-6-14-10(13)5-11(15-6)19-9-4-7(12)2-3-8(9)16(17)18/h2-5H,1H3,(H2,13,14,15). The molecule has 0 fully saturated rings. The fraction of sp³-hybridized carbons (Fsp3) is 0.0909. The number of hydrogen-bond acceptors (Lipinski definition) is 6. The number of nitrogens with two attached hydrogens (primary N) is 1. The molecule has 1 aromatic heterocycles. The van der Waals surface area contributed by atoms with Crippen molar-refractivity contribution in [1.29, 1.82) is 0 Å². The van der Waals surface area contributed by atoms with Gasteiger partial charge >= 0.3 is 5.69 Å². The molecule has 1 aromatic carbocycles. The van der Waals surface area contributed by atoms with E-state index in [1.165, 1.54) is 24.3 Å². The molecule has 0 unspecified atom stereocenters. The maximum absolute atomic E-state index is 10.9. The Labute approximate surface area is 113 Å². The molecule has 7 nitrogen and oxygen atoms in total. The van der Waals surface area contributed by atoms with Gasteiger partial charge in [0, 0.05) is 23.2 Å². The smallest absolute Gasteiger partial charge is 0.311 e. The molecule has 2 aromatic rings. The Bertz CT molecular complexity index is 628. The van der Waals surface area contributed by atoms with E-state index in [0.717, 1.165) is 0 Å². The van der Waals surface area contributed by atoms with Gasteiger partial charge in [0.05, 0.1) is 4.92 Å². The van der Waals surface area contributed by atoms with Crippen molar-refractivity contribution < 1.29 is 9.66 Å². The lowest BCUT2D eigenvalue weighted by Crippen LogP contribution is -1.99. The Balaban J connectivity index is 2.42. The molecule has 0 aliphatic carbocycles. The van der Waals surface area contributed by atoms with Gasteiger partial charge in [-0.1, -0.05) is 11.6 Å². The van der Waals surface area contributed by atoms with Crippen LogP contribution < -0.4 is 10.5 Å². The van der Waals surface area contributed by atoms with Crippen LogP contribution in [0.1, 0.15) is 5.82 Å². The molecule has 0 saturated heterocycles. The van der Waals surface area contributed by atoms with E-state index in [1.54, 1.807) is 6.92 Å². The van der Waals surface area contributed by atoms with Crippen molar-refractivity contribution in [2.45, 2.75) is 6.92 Å². The molecule has 0 atom stereocenters. The summed E-state index contributed by atoms with van der Waals surface area (Å²) in [6.07, 6.45) is 0. The molecule has 0 spiro atoms. The number of anilines is 1. The Hall–Kier alpha value is -2.41. The summed E-state index contributed by atoms with van der Waals surface area (Å²) in [6, 6.07) is 5.38. The molecule has 0 radical (unpaired) electrons. The summed E-state index contributed by atoms with van der Waals surface area (Å²) in [5, 5.41) is 11.2. The van der Waals surface area contributed by atoms with Crippen LogP contribution in [-0.4, -0.2) is 14.9 Å². The number of aryl methyl sites for hydroxylation is 1. The quantitative estimate of drug-likeness (QED) is 0.684. The van der Waals surface area contributed by atoms with Crippen molar-refractivity contribution in [3.8, 4) is 11.6 Å². The lowest BCUT2D eigenvalue weighted by atomic mass is 10.3. The maximum atomic E-state index is 10.9. The predicted octanol–water partition coefficient (Wildman–Crippen LogP) is 2.72. The maximum Gasteiger partial charge on any atom is 0.311 e. The number of rotatable bonds is 3. The van der Waals surface area contributed by atoms with Crippen LogP contribution in [0.3, 0.4) is 0 Å². The highest BCUT2D eigenvalue weighted by Gasteiger charge is 2.17. The van der Waals surface area contributed by atoms with E-state index < -0.39 is 4.92 Å². The van der Waals surface area contributed by atoms with E-state index in [9.17, 15) is 10.1 Å². The van der Waals surface area contributed by atoms with Gasteiger partial charge in [0.15, 0.2) is 0 Å². The van der Waals surface area contributed by atoms with E-state index in [0.29, 0.717) is 10.8 Å². The predicted molar refractivity (Wildman–Crippen MR) is 69.4 cm³/mol. The van der Waals surface area contributed by atoms with Gasteiger partial charge in [-0.3, -0.25) is 10.1 Å². The third kappa shape index (κ3) is 3.08. The van der Waals surface area contributed by atoms with Crippen molar-refractivity contribution in [2.75, 3.05) is 5.73 Å². The van der Waals surface area contributed by atoms with Crippen LogP contribution >= 0.6 is 11.6 Å². The van der Waals surface area contributed by atoms with Gasteiger partial charge in [-0.2, -0.15) is 4.98 Å². The number of benzene rings is 1. The molecule has 19 heavy (non-hydrogen) atoms. The molecular formula is C11H9ClN4O3. The molecule has 0 aliphatic rings. The van der Waals surface area contributed by atoms with E-state index in [2.05, 4.69) is 9.97 Å². The highest BCUT2D eigenvalue weighted by molar-refractivity contribution is 6.30. The van der Waals surface area contributed by atoms with Crippen molar-refractivity contribution >= 4 is 23.1 Å². The highest BCUT2D eigenvalue weighted by atomic mass is 35.5. The molecule has 2 N–H and O–H groups in total. The lowest BCUT2D eigenvalue weighted by Gasteiger charge is -2.06. The van der Waals surface area contributed by atoms with Gasteiger partial charge in [-0.05, 0) is 13.0 Å². The molecule has 8 heteroatoms. The minimum Gasteiger partial charge on any atom is -0.432 e. The van der Waals surface area contributed by atoms with Crippen LogP contribution in [0.4, 0.5) is 11.5 Å². The van der Waals surface area contributed by atoms with E-state index in [-0.39, 0.29) is 23.1 Å². The van der Waals surface area contributed by atoms with Crippen LogP contribution in [0, 0.1) is 17.0 Å². The number of nitro benzene ring substituents is 1. The summed E-state index contributed by atoms with van der Waals surface area (Å²) >= 11 is 5.79. The van der Waals surface area contributed by atoms with E-state index in [4.69, 9.17) is 22.1 Å². The van der Waals surface area contributed by atoms with Crippen LogP contribution in [0.5, 0.6) is 11.6 Å². The van der Waals surface area contributed by atoms with Gasteiger partial charge < -0.3 is 10.5 Å². The normalized spacial score (nSPS) is 10.2. The number of halogens is 1. The molecule has 98 valence electrons. The Kier molecular flexibility index (Phi) is 3.48. The third-order valence-corrected chi connectivity index (χ3v) is 2.40. The van der Waals surface area contributed by atoms with Crippen molar-refractivity contribution in [3.63, 3.8) is 0 Å². The average molecular weight is 281 g/mol. The third-order valence-electron chi connectivity index (χ3n) is 2.17. The van der Waals surface area contributed by atoms with Gasteiger partial charge in [0.2, 0.25) is 11.6 Å². The Morgan fingerprint density at radius 3 is 2.74 bits per heavy atom. The summed E-state index contributed by atoms with van der Waals surface area (Å²) in [7, 11) is 0. The van der Waals surface area contributed by atoms with E-state index >= 15 is 0 Å². The highest BCUT2D eigenvalue weighted by Crippen LogP contribution is 2.33. The summed E-state index contributed by atoms with van der Waals surface area (Å²) < 4.78 is 5.36. The van der Waals surface area contributed by atoms with Gasteiger partial charge in [0.25, 0.3) is 0 Å². The zero-order chi connectivity index (χ0) is 14.0. The molecule has 0 bridgehead atoms. The summed E-state index contributed by atoms with van der Waals surface area (Å²) in [5.74, 6) is 0.734. The number of hydrogen-bond donors (Lipinski definition) is 1. The number of nitro groups is 1. The van der Waals surface area contributed by atoms with Crippen LogP contribution in [0.25, 0.3) is 0 Å². The number of ether oxygens (including phenoxy) is 1. The fourth-order valence-electron chi connectivity index (χ4n) is 1.45. The lowest BCUT2D eigenvalue weighted by molar-refractivity contribution is -0.385. The number of nitrogens with zero attached hydrogens (tertiary/aromatic N) is 3. The molecule has 0 saturated carbocycles. The molecule has 1 heterocycles. The minimum absolute atomic E-state index is 0.00463. The number of nitrogen functional groups attached to an aromatic ring is 1. The molecule has 2 rings (SSSR count). The minimum atomic E-state index is -0.566. The zero-order valence-electron chi connectivity index (χ0n) is 9.83. The second-order valence-electron chi connectivity index (χ2n) is 3.65. The van der Waals surface area contributed by atoms with Crippen LogP contribution in [0.15, 0.2) is 24.3 Å². The second-order valence-corrected chi connectivity index (χ2v) is 4.09. The van der Waals surface area contributed by atoms with Gasteiger partial charge in [-0.25, -0.2) is 4.98 Å². The first-order chi connectivity index (χ1) is 8.95. The van der Waals surface area contributed by atoms with E-state index in [1.807, 2.05) is 0 Å². The largest absolute Gasteiger partial charge is 0.432 e. The number of aromatic nitrogens is 2. The second kappa shape index (κ2) is 5.07. The van der Waals surface area contributed by atoms with Crippen molar-refractivity contribution in [3.05, 3.63) is 45.2 Å². The molecule has 0 amide bonds. The van der Waals surface area contributed by atoms with Crippen LogP contribution in [-0.2, 0) is 0 Å². The van der Waals surface area contributed by atoms with Crippen LogP contribution in [0.2, 0.25) is 5.02 Å². The monoisotopic (exact) mass is 280 g/mol. The first kappa shape index (κ1) is 13.0. The summed E-state index contributed by atoms with van der Waals surface area (Å²) in [5.41, 5.74) is 5.34. The van der Waals surface area contributed by atoms with Gasteiger partial charge in [-0.15, -0.1) is 0 Å². The van der Waals surface area contributed by atoms with Crippen molar-refractivity contribution in [2.24, 2.45) is 0 Å². The first-order valence-corrected chi connectivity index (χ1v) is 5.56. The zero-order valence-corrected chi connectivity index (χ0v) is 10.6. The van der Waals surface area contributed by atoms with Gasteiger partial charge in [0.1, 0.15) is 11.6 Å². The SMILES string of the molecule is Cc1nc(N)cc(Oc2cc(Cl)ccc2[N+](=O)[O-])n1.